The molecule has 1 saturated heterocycles. The highest BCUT2D eigenvalue weighted by Gasteiger charge is 2.39. The molecule has 21 heavy (non-hydrogen) atoms. The van der Waals surface area contributed by atoms with Gasteiger partial charge in [0.2, 0.25) is 5.91 Å². The number of hydrogen-bond acceptors (Lipinski definition) is 2. The molecule has 0 aromatic heterocycles. The molecule has 1 amide bonds. The van der Waals surface area contributed by atoms with Crippen molar-refractivity contribution >= 4 is 17.5 Å². The zero-order valence-electron chi connectivity index (χ0n) is 13.3. The Balaban J connectivity index is 2.24. The van der Waals surface area contributed by atoms with E-state index in [1.807, 2.05) is 36.1 Å². The Morgan fingerprint density at radius 1 is 1.38 bits per heavy atom. The quantitative estimate of drug-likeness (QED) is 0.892. The van der Waals surface area contributed by atoms with E-state index in [1.165, 1.54) is 0 Å². The fourth-order valence-electron chi connectivity index (χ4n) is 3.01. The van der Waals surface area contributed by atoms with E-state index in [0.29, 0.717) is 10.9 Å². The lowest BCUT2D eigenvalue weighted by atomic mass is 9.98. The topological polar surface area (TPSA) is 32.3 Å². The molecular formula is C17H25ClN2O. The Morgan fingerprint density at radius 3 is 2.71 bits per heavy atom. The standard InChI is InChI=1S/C17H25ClN2O/c1-5-11(2)9-12(3)20-16(19-13(4)17(20)21)14-7-6-8-15(18)10-14/h6-8,10-13,16,19H,5,9H2,1-4H3. The van der Waals surface area contributed by atoms with Crippen molar-refractivity contribution in [2.24, 2.45) is 5.92 Å². The molecule has 0 saturated carbocycles. The van der Waals surface area contributed by atoms with Crippen LogP contribution in [0, 0.1) is 5.92 Å². The molecular weight excluding hydrogens is 284 g/mol. The van der Waals surface area contributed by atoms with Gasteiger partial charge in [-0.3, -0.25) is 10.1 Å². The van der Waals surface area contributed by atoms with Crippen molar-refractivity contribution in [1.29, 1.82) is 0 Å². The second kappa shape index (κ2) is 6.80. The van der Waals surface area contributed by atoms with E-state index in [-0.39, 0.29) is 24.2 Å². The molecule has 2 rings (SSSR count). The van der Waals surface area contributed by atoms with E-state index < -0.39 is 0 Å². The number of hydrogen-bond donors (Lipinski definition) is 1. The first-order valence-corrected chi connectivity index (χ1v) is 8.15. The van der Waals surface area contributed by atoms with Crippen LogP contribution in [-0.2, 0) is 4.79 Å². The van der Waals surface area contributed by atoms with Crippen LogP contribution in [0.15, 0.2) is 24.3 Å². The van der Waals surface area contributed by atoms with Gasteiger partial charge in [-0.2, -0.15) is 0 Å². The van der Waals surface area contributed by atoms with Crippen LogP contribution in [0.1, 0.15) is 52.3 Å². The fraction of sp³-hybridized carbons (Fsp3) is 0.588. The zero-order valence-corrected chi connectivity index (χ0v) is 14.0. The van der Waals surface area contributed by atoms with Crippen LogP contribution in [0.3, 0.4) is 0 Å². The van der Waals surface area contributed by atoms with Crippen molar-refractivity contribution in [1.82, 2.24) is 10.2 Å². The van der Waals surface area contributed by atoms with Crippen molar-refractivity contribution in [3.8, 4) is 0 Å². The highest BCUT2D eigenvalue weighted by molar-refractivity contribution is 6.30. The summed E-state index contributed by atoms with van der Waals surface area (Å²) in [5.41, 5.74) is 1.05. The van der Waals surface area contributed by atoms with E-state index in [2.05, 4.69) is 26.1 Å². The molecule has 0 spiro atoms. The maximum atomic E-state index is 12.5. The largest absolute Gasteiger partial charge is 0.319 e. The molecule has 116 valence electrons. The number of amides is 1. The molecule has 1 aromatic carbocycles. The molecule has 1 aliphatic heterocycles. The molecule has 1 aromatic rings. The lowest BCUT2D eigenvalue weighted by Crippen LogP contribution is -2.39. The molecule has 1 aliphatic rings. The first-order chi connectivity index (χ1) is 9.93. The average molecular weight is 309 g/mol. The fourth-order valence-corrected chi connectivity index (χ4v) is 3.21. The number of carbonyl (C=O) groups excluding carboxylic acids is 1. The third-order valence-electron chi connectivity index (χ3n) is 4.39. The second-order valence-corrected chi connectivity index (χ2v) is 6.63. The number of nitrogens with one attached hydrogen (secondary N) is 1. The van der Waals surface area contributed by atoms with Crippen molar-refractivity contribution in [3.63, 3.8) is 0 Å². The number of carbonyl (C=O) groups is 1. The number of nitrogens with zero attached hydrogens (tertiary/aromatic N) is 1. The SMILES string of the molecule is CCC(C)CC(C)N1C(=O)C(C)NC1c1cccc(Cl)c1. The molecule has 4 heteroatoms. The minimum atomic E-state index is -0.145. The van der Waals surface area contributed by atoms with Gasteiger partial charge in [0.1, 0.15) is 6.17 Å². The van der Waals surface area contributed by atoms with Gasteiger partial charge >= 0.3 is 0 Å². The van der Waals surface area contributed by atoms with Gasteiger partial charge in [-0.15, -0.1) is 0 Å². The van der Waals surface area contributed by atoms with Crippen LogP contribution >= 0.6 is 11.6 Å². The van der Waals surface area contributed by atoms with Crippen LogP contribution in [0.5, 0.6) is 0 Å². The molecule has 4 atom stereocenters. The maximum absolute atomic E-state index is 12.5. The number of benzene rings is 1. The Kier molecular flexibility index (Phi) is 5.28. The highest BCUT2D eigenvalue weighted by Crippen LogP contribution is 2.31. The summed E-state index contributed by atoms with van der Waals surface area (Å²) in [5.74, 6) is 0.791. The van der Waals surface area contributed by atoms with Crippen LogP contribution < -0.4 is 5.32 Å². The lowest BCUT2D eigenvalue weighted by molar-refractivity contribution is -0.132. The van der Waals surface area contributed by atoms with E-state index in [9.17, 15) is 4.79 Å². The van der Waals surface area contributed by atoms with Gasteiger partial charge in [0.15, 0.2) is 0 Å². The Labute approximate surface area is 132 Å². The molecule has 1 fully saturated rings. The Hall–Kier alpha value is -1.06. The number of halogens is 1. The predicted octanol–water partition coefficient (Wildman–Crippen LogP) is 3.98. The lowest BCUT2D eigenvalue weighted by Gasteiger charge is -2.32. The smallest absolute Gasteiger partial charge is 0.241 e. The third kappa shape index (κ3) is 3.58. The summed E-state index contributed by atoms with van der Waals surface area (Å²) in [7, 11) is 0. The summed E-state index contributed by atoms with van der Waals surface area (Å²) < 4.78 is 0. The minimum absolute atomic E-state index is 0.0785. The normalized spacial score (nSPS) is 25.2. The molecule has 3 nitrogen and oxygen atoms in total. The van der Waals surface area contributed by atoms with E-state index in [0.717, 1.165) is 18.4 Å². The summed E-state index contributed by atoms with van der Waals surface area (Å²) in [6.45, 7) is 8.50. The molecule has 0 radical (unpaired) electrons. The van der Waals surface area contributed by atoms with Crippen molar-refractivity contribution in [2.45, 2.75) is 58.8 Å². The van der Waals surface area contributed by atoms with E-state index in [1.54, 1.807) is 0 Å². The van der Waals surface area contributed by atoms with Gasteiger partial charge < -0.3 is 4.90 Å². The molecule has 4 unspecified atom stereocenters. The predicted molar refractivity (Wildman–Crippen MR) is 87.2 cm³/mol. The zero-order chi connectivity index (χ0) is 15.6. The van der Waals surface area contributed by atoms with Gasteiger partial charge in [-0.1, -0.05) is 44.0 Å². The summed E-state index contributed by atoms with van der Waals surface area (Å²) in [5, 5.41) is 4.09. The summed E-state index contributed by atoms with van der Waals surface area (Å²) in [4.78, 5) is 14.5. The van der Waals surface area contributed by atoms with Gasteiger partial charge in [0.05, 0.1) is 6.04 Å². The summed E-state index contributed by atoms with van der Waals surface area (Å²) >= 11 is 6.10. The van der Waals surface area contributed by atoms with Crippen LogP contribution in [-0.4, -0.2) is 22.9 Å². The maximum Gasteiger partial charge on any atom is 0.241 e. The van der Waals surface area contributed by atoms with Crippen molar-refractivity contribution in [3.05, 3.63) is 34.9 Å². The summed E-state index contributed by atoms with van der Waals surface area (Å²) in [6, 6.07) is 7.83. The van der Waals surface area contributed by atoms with Crippen LogP contribution in [0.4, 0.5) is 0 Å². The van der Waals surface area contributed by atoms with Crippen LogP contribution in [0.25, 0.3) is 0 Å². The third-order valence-corrected chi connectivity index (χ3v) is 4.63. The van der Waals surface area contributed by atoms with Crippen molar-refractivity contribution < 1.29 is 4.79 Å². The van der Waals surface area contributed by atoms with Crippen molar-refractivity contribution in [2.75, 3.05) is 0 Å². The second-order valence-electron chi connectivity index (χ2n) is 6.19. The molecule has 0 aliphatic carbocycles. The first-order valence-electron chi connectivity index (χ1n) is 7.77. The Bertz CT molecular complexity index is 505. The van der Waals surface area contributed by atoms with Gasteiger partial charge in [-0.05, 0) is 43.9 Å². The van der Waals surface area contributed by atoms with Gasteiger partial charge in [0.25, 0.3) is 0 Å². The van der Waals surface area contributed by atoms with Crippen LogP contribution in [0.2, 0.25) is 5.02 Å². The molecule has 1 N–H and O–H groups in total. The monoisotopic (exact) mass is 308 g/mol. The molecule has 0 bridgehead atoms. The van der Waals surface area contributed by atoms with Gasteiger partial charge in [-0.25, -0.2) is 0 Å². The van der Waals surface area contributed by atoms with E-state index in [4.69, 9.17) is 11.6 Å². The Morgan fingerprint density at radius 2 is 2.10 bits per heavy atom. The van der Waals surface area contributed by atoms with Gasteiger partial charge in [0, 0.05) is 11.1 Å². The summed E-state index contributed by atoms with van der Waals surface area (Å²) in [6.07, 6.45) is 2.08. The first kappa shape index (κ1) is 16.3. The average Bonchev–Trinajstić information content (AvgIpc) is 2.75. The highest BCUT2D eigenvalue weighted by atomic mass is 35.5. The number of rotatable bonds is 5. The van der Waals surface area contributed by atoms with E-state index >= 15 is 0 Å². The minimum Gasteiger partial charge on any atom is -0.319 e. The molecule has 1 heterocycles.